The van der Waals surface area contributed by atoms with Crippen LogP contribution in [0.1, 0.15) is 20.3 Å². The first-order valence-corrected chi connectivity index (χ1v) is 6.97. The van der Waals surface area contributed by atoms with E-state index in [-0.39, 0.29) is 0 Å². The Labute approximate surface area is 114 Å². The maximum absolute atomic E-state index is 11.8. The van der Waals surface area contributed by atoms with Gasteiger partial charge in [-0.05, 0) is 12.3 Å². The second-order valence-electron chi connectivity index (χ2n) is 5.12. The maximum atomic E-state index is 11.8. The topological polar surface area (TPSA) is 70.7 Å². The third kappa shape index (κ3) is 6.54. The van der Waals surface area contributed by atoms with E-state index in [1.165, 1.54) is 0 Å². The number of rotatable bonds is 6. The average Bonchev–Trinajstić information content (AvgIpc) is 2.42. The molecule has 2 N–H and O–H groups in total. The van der Waals surface area contributed by atoms with E-state index in [1.54, 1.807) is 4.90 Å². The van der Waals surface area contributed by atoms with E-state index >= 15 is 0 Å². The Kier molecular flexibility index (Phi) is 7.43. The fraction of sp³-hybridized carbons (Fsp3) is 0.846. The van der Waals surface area contributed by atoms with Crippen LogP contribution >= 0.6 is 0 Å². The van der Waals surface area contributed by atoms with Crippen LogP contribution < -0.4 is 10.6 Å². The maximum Gasteiger partial charge on any atom is 0.311 e. The van der Waals surface area contributed by atoms with Crippen LogP contribution in [0.4, 0.5) is 0 Å². The van der Waals surface area contributed by atoms with Gasteiger partial charge < -0.3 is 20.3 Å². The molecule has 0 saturated carbocycles. The van der Waals surface area contributed by atoms with E-state index in [4.69, 9.17) is 4.74 Å². The number of hydrogen-bond donors (Lipinski definition) is 2. The van der Waals surface area contributed by atoms with E-state index in [0.29, 0.717) is 32.2 Å². The minimum absolute atomic E-state index is 0.426. The Morgan fingerprint density at radius 3 is 2.63 bits per heavy atom. The monoisotopic (exact) mass is 271 g/mol. The molecular formula is C13H25N3O3. The zero-order valence-electron chi connectivity index (χ0n) is 11.9. The van der Waals surface area contributed by atoms with Gasteiger partial charge in [0.15, 0.2) is 0 Å². The van der Waals surface area contributed by atoms with Crippen molar-refractivity contribution in [3.8, 4) is 0 Å². The summed E-state index contributed by atoms with van der Waals surface area (Å²) in [6, 6.07) is 0. The molecule has 1 rings (SSSR count). The first kappa shape index (κ1) is 15.9. The number of amides is 2. The van der Waals surface area contributed by atoms with Crippen molar-refractivity contribution in [2.24, 2.45) is 5.92 Å². The molecule has 0 unspecified atom stereocenters. The molecule has 0 aromatic carbocycles. The molecule has 0 aromatic heterocycles. The van der Waals surface area contributed by atoms with E-state index in [2.05, 4.69) is 24.5 Å². The lowest BCUT2D eigenvalue weighted by Gasteiger charge is -2.26. The summed E-state index contributed by atoms with van der Waals surface area (Å²) in [5.74, 6) is -0.417. The Morgan fingerprint density at radius 2 is 2.00 bits per heavy atom. The summed E-state index contributed by atoms with van der Waals surface area (Å²) >= 11 is 0. The van der Waals surface area contributed by atoms with Gasteiger partial charge in [-0.15, -0.1) is 0 Å². The molecule has 0 radical (unpaired) electrons. The number of ether oxygens (including phenoxy) is 1. The first-order chi connectivity index (χ1) is 9.11. The van der Waals surface area contributed by atoms with Gasteiger partial charge in [-0.2, -0.15) is 0 Å². The summed E-state index contributed by atoms with van der Waals surface area (Å²) in [4.78, 5) is 25.0. The normalized spacial score (nSPS) is 15.6. The molecule has 1 aliphatic rings. The van der Waals surface area contributed by atoms with Crippen molar-refractivity contribution in [2.75, 3.05) is 45.9 Å². The van der Waals surface area contributed by atoms with Gasteiger partial charge in [-0.1, -0.05) is 13.8 Å². The molecule has 0 aromatic rings. The number of carbonyl (C=O) groups excluding carboxylic acids is 2. The molecule has 19 heavy (non-hydrogen) atoms. The SMILES string of the molecule is CC(C)COCCCNC(=O)C(=O)N1CCNCC1. The fourth-order valence-corrected chi connectivity index (χ4v) is 1.78. The van der Waals surface area contributed by atoms with Crippen molar-refractivity contribution in [3.05, 3.63) is 0 Å². The lowest BCUT2D eigenvalue weighted by atomic mass is 10.2. The second kappa shape index (κ2) is 8.87. The highest BCUT2D eigenvalue weighted by molar-refractivity contribution is 6.35. The van der Waals surface area contributed by atoms with Crippen LogP contribution in [-0.2, 0) is 14.3 Å². The third-order valence-electron chi connectivity index (χ3n) is 2.80. The molecule has 6 nitrogen and oxygen atoms in total. The van der Waals surface area contributed by atoms with Crippen LogP contribution in [0.3, 0.4) is 0 Å². The molecule has 110 valence electrons. The molecule has 2 amide bonds. The third-order valence-corrected chi connectivity index (χ3v) is 2.80. The molecule has 1 heterocycles. The molecule has 1 fully saturated rings. The summed E-state index contributed by atoms with van der Waals surface area (Å²) in [5.41, 5.74) is 0. The Balaban J connectivity index is 2.08. The Hall–Kier alpha value is -1.14. The largest absolute Gasteiger partial charge is 0.381 e. The van der Waals surface area contributed by atoms with E-state index in [9.17, 15) is 9.59 Å². The van der Waals surface area contributed by atoms with Crippen molar-refractivity contribution < 1.29 is 14.3 Å². The average molecular weight is 271 g/mol. The van der Waals surface area contributed by atoms with Crippen LogP contribution in [0, 0.1) is 5.92 Å². The molecule has 0 atom stereocenters. The van der Waals surface area contributed by atoms with E-state index in [1.807, 2.05) is 0 Å². The summed E-state index contributed by atoms with van der Waals surface area (Å²) in [6.07, 6.45) is 0.729. The summed E-state index contributed by atoms with van der Waals surface area (Å²) in [6.45, 7) is 8.71. The van der Waals surface area contributed by atoms with Crippen molar-refractivity contribution in [1.29, 1.82) is 0 Å². The second-order valence-corrected chi connectivity index (χ2v) is 5.12. The number of nitrogens with one attached hydrogen (secondary N) is 2. The fourth-order valence-electron chi connectivity index (χ4n) is 1.78. The van der Waals surface area contributed by atoms with Gasteiger partial charge in [0.25, 0.3) is 0 Å². The number of hydrogen-bond acceptors (Lipinski definition) is 4. The zero-order valence-corrected chi connectivity index (χ0v) is 11.9. The van der Waals surface area contributed by atoms with Gasteiger partial charge in [0.1, 0.15) is 0 Å². The van der Waals surface area contributed by atoms with Crippen molar-refractivity contribution in [3.63, 3.8) is 0 Å². The van der Waals surface area contributed by atoms with Gasteiger partial charge in [-0.3, -0.25) is 9.59 Å². The minimum atomic E-state index is -0.509. The number of nitrogens with zero attached hydrogens (tertiary/aromatic N) is 1. The van der Waals surface area contributed by atoms with Gasteiger partial charge in [0.05, 0.1) is 0 Å². The van der Waals surface area contributed by atoms with Gasteiger partial charge >= 0.3 is 11.8 Å². The predicted molar refractivity (Wildman–Crippen MR) is 72.7 cm³/mol. The van der Waals surface area contributed by atoms with Crippen LogP contribution in [0.15, 0.2) is 0 Å². The summed E-state index contributed by atoms with van der Waals surface area (Å²) in [5, 5.41) is 5.78. The molecule has 0 aliphatic carbocycles. The number of piperazine rings is 1. The lowest BCUT2D eigenvalue weighted by Crippen LogP contribution is -2.51. The Morgan fingerprint density at radius 1 is 1.32 bits per heavy atom. The zero-order chi connectivity index (χ0) is 14.1. The smallest absolute Gasteiger partial charge is 0.311 e. The summed E-state index contributed by atoms with van der Waals surface area (Å²) < 4.78 is 5.40. The van der Waals surface area contributed by atoms with Gasteiger partial charge in [0.2, 0.25) is 0 Å². The summed E-state index contributed by atoms with van der Waals surface area (Å²) in [7, 11) is 0. The number of carbonyl (C=O) groups is 2. The van der Waals surface area contributed by atoms with Crippen molar-refractivity contribution in [1.82, 2.24) is 15.5 Å². The minimum Gasteiger partial charge on any atom is -0.381 e. The Bertz CT molecular complexity index is 289. The van der Waals surface area contributed by atoms with Crippen molar-refractivity contribution >= 4 is 11.8 Å². The van der Waals surface area contributed by atoms with Crippen LogP contribution in [-0.4, -0.2) is 62.7 Å². The highest BCUT2D eigenvalue weighted by Crippen LogP contribution is 1.95. The van der Waals surface area contributed by atoms with Crippen LogP contribution in [0.2, 0.25) is 0 Å². The molecule has 6 heteroatoms. The van der Waals surface area contributed by atoms with E-state index < -0.39 is 11.8 Å². The highest BCUT2D eigenvalue weighted by Gasteiger charge is 2.22. The molecule has 1 saturated heterocycles. The molecular weight excluding hydrogens is 246 g/mol. The highest BCUT2D eigenvalue weighted by atomic mass is 16.5. The standard InChI is InChI=1S/C13H25N3O3/c1-11(2)10-19-9-3-4-15-12(17)13(18)16-7-5-14-6-8-16/h11,14H,3-10H2,1-2H3,(H,15,17). The molecule has 0 bridgehead atoms. The van der Waals surface area contributed by atoms with Crippen LogP contribution in [0.5, 0.6) is 0 Å². The van der Waals surface area contributed by atoms with Crippen molar-refractivity contribution in [2.45, 2.75) is 20.3 Å². The quantitative estimate of drug-likeness (QED) is 0.509. The van der Waals surface area contributed by atoms with E-state index in [0.717, 1.165) is 26.1 Å². The van der Waals surface area contributed by atoms with Gasteiger partial charge in [0, 0.05) is 45.9 Å². The predicted octanol–water partition coefficient (Wildman–Crippen LogP) is -0.403. The van der Waals surface area contributed by atoms with Gasteiger partial charge in [-0.25, -0.2) is 0 Å². The molecule has 0 spiro atoms. The first-order valence-electron chi connectivity index (χ1n) is 6.97. The lowest BCUT2D eigenvalue weighted by molar-refractivity contribution is -0.146. The van der Waals surface area contributed by atoms with Crippen LogP contribution in [0.25, 0.3) is 0 Å². The molecule has 1 aliphatic heterocycles.